The second-order valence-electron chi connectivity index (χ2n) is 5.21. The van der Waals surface area contributed by atoms with Crippen molar-refractivity contribution in [1.82, 2.24) is 5.32 Å². The molecule has 3 nitrogen and oxygen atoms in total. The SMILES string of the molecule is Cc1cccc(OCC(CN)C2CCNCC2)c1. The number of rotatable bonds is 5. The van der Waals surface area contributed by atoms with Crippen LogP contribution in [-0.2, 0) is 0 Å². The Kier molecular flexibility index (Phi) is 5.02. The number of aryl methyl sites for hydroxylation is 1. The van der Waals surface area contributed by atoms with Gasteiger partial charge in [0.1, 0.15) is 5.75 Å². The molecule has 0 radical (unpaired) electrons. The first-order chi connectivity index (χ1) is 8.79. The van der Waals surface area contributed by atoms with Crippen molar-refractivity contribution in [2.75, 3.05) is 26.2 Å². The highest BCUT2D eigenvalue weighted by Gasteiger charge is 2.22. The van der Waals surface area contributed by atoms with E-state index in [0.29, 0.717) is 11.8 Å². The molecule has 0 saturated carbocycles. The fourth-order valence-electron chi connectivity index (χ4n) is 2.62. The Morgan fingerprint density at radius 3 is 2.83 bits per heavy atom. The van der Waals surface area contributed by atoms with Crippen molar-refractivity contribution in [3.05, 3.63) is 29.8 Å². The summed E-state index contributed by atoms with van der Waals surface area (Å²) in [7, 11) is 0. The lowest BCUT2D eigenvalue weighted by molar-refractivity contribution is 0.172. The van der Waals surface area contributed by atoms with E-state index in [2.05, 4.69) is 24.4 Å². The van der Waals surface area contributed by atoms with Crippen LogP contribution in [0.5, 0.6) is 5.75 Å². The van der Waals surface area contributed by atoms with Crippen molar-refractivity contribution < 1.29 is 4.74 Å². The Balaban J connectivity index is 1.86. The third-order valence-corrected chi connectivity index (χ3v) is 3.81. The Morgan fingerprint density at radius 1 is 1.39 bits per heavy atom. The van der Waals surface area contributed by atoms with Crippen molar-refractivity contribution in [2.45, 2.75) is 19.8 Å². The van der Waals surface area contributed by atoms with E-state index in [0.717, 1.165) is 32.0 Å². The average Bonchev–Trinajstić information content (AvgIpc) is 2.41. The summed E-state index contributed by atoms with van der Waals surface area (Å²) in [6, 6.07) is 8.21. The van der Waals surface area contributed by atoms with E-state index < -0.39 is 0 Å². The summed E-state index contributed by atoms with van der Waals surface area (Å²) in [5.74, 6) is 2.15. The lowest BCUT2D eigenvalue weighted by Gasteiger charge is -2.29. The standard InChI is InChI=1S/C15H24N2O/c1-12-3-2-4-15(9-12)18-11-14(10-16)13-5-7-17-8-6-13/h2-4,9,13-14,17H,5-8,10-11,16H2,1H3. The van der Waals surface area contributed by atoms with Crippen LogP contribution in [0.25, 0.3) is 0 Å². The van der Waals surface area contributed by atoms with Gasteiger partial charge in [0.2, 0.25) is 0 Å². The number of hydrogen-bond acceptors (Lipinski definition) is 3. The van der Waals surface area contributed by atoms with E-state index in [1.165, 1.54) is 18.4 Å². The number of benzene rings is 1. The fourth-order valence-corrected chi connectivity index (χ4v) is 2.62. The molecule has 0 aromatic heterocycles. The molecule has 1 aromatic carbocycles. The van der Waals surface area contributed by atoms with Gasteiger partial charge in [0.05, 0.1) is 6.61 Å². The molecule has 100 valence electrons. The Morgan fingerprint density at radius 2 is 2.17 bits per heavy atom. The Bertz CT molecular complexity index is 361. The third-order valence-electron chi connectivity index (χ3n) is 3.81. The second kappa shape index (κ2) is 6.76. The third kappa shape index (κ3) is 3.72. The van der Waals surface area contributed by atoms with E-state index in [-0.39, 0.29) is 0 Å². The first-order valence-corrected chi connectivity index (χ1v) is 6.90. The van der Waals surface area contributed by atoms with Crippen LogP contribution < -0.4 is 15.8 Å². The predicted octanol–water partition coefficient (Wildman–Crippen LogP) is 1.95. The number of nitrogens with one attached hydrogen (secondary N) is 1. The quantitative estimate of drug-likeness (QED) is 0.837. The number of hydrogen-bond donors (Lipinski definition) is 2. The topological polar surface area (TPSA) is 47.3 Å². The molecule has 0 spiro atoms. The van der Waals surface area contributed by atoms with Crippen LogP contribution in [0.2, 0.25) is 0 Å². The molecule has 0 amide bonds. The van der Waals surface area contributed by atoms with Gasteiger partial charge in [0, 0.05) is 5.92 Å². The molecule has 3 heteroatoms. The first-order valence-electron chi connectivity index (χ1n) is 6.90. The maximum absolute atomic E-state index is 5.90. The zero-order valence-corrected chi connectivity index (χ0v) is 11.2. The zero-order chi connectivity index (χ0) is 12.8. The molecule has 0 bridgehead atoms. The van der Waals surface area contributed by atoms with Crippen LogP contribution in [0.3, 0.4) is 0 Å². The molecule has 18 heavy (non-hydrogen) atoms. The van der Waals surface area contributed by atoms with Crippen LogP contribution in [0, 0.1) is 18.8 Å². The molecule has 1 unspecified atom stereocenters. The van der Waals surface area contributed by atoms with E-state index in [1.54, 1.807) is 0 Å². The normalized spacial score (nSPS) is 18.6. The molecular weight excluding hydrogens is 224 g/mol. The first kappa shape index (κ1) is 13.4. The average molecular weight is 248 g/mol. The fraction of sp³-hybridized carbons (Fsp3) is 0.600. The minimum atomic E-state index is 0.479. The van der Waals surface area contributed by atoms with Gasteiger partial charge in [-0.3, -0.25) is 0 Å². The lowest BCUT2D eigenvalue weighted by atomic mass is 9.85. The zero-order valence-electron chi connectivity index (χ0n) is 11.2. The van der Waals surface area contributed by atoms with Crippen molar-refractivity contribution in [1.29, 1.82) is 0 Å². The van der Waals surface area contributed by atoms with Gasteiger partial charge in [0.15, 0.2) is 0 Å². The van der Waals surface area contributed by atoms with Crippen molar-refractivity contribution in [3.63, 3.8) is 0 Å². The van der Waals surface area contributed by atoms with Crippen LogP contribution >= 0.6 is 0 Å². The molecule has 1 fully saturated rings. The summed E-state index contributed by atoms with van der Waals surface area (Å²) in [5.41, 5.74) is 7.13. The summed E-state index contributed by atoms with van der Waals surface area (Å²) >= 11 is 0. The number of piperidine rings is 1. The summed E-state index contributed by atoms with van der Waals surface area (Å²) in [6.07, 6.45) is 2.44. The minimum Gasteiger partial charge on any atom is -0.493 e. The maximum Gasteiger partial charge on any atom is 0.119 e. The van der Waals surface area contributed by atoms with Crippen molar-refractivity contribution >= 4 is 0 Å². The molecule has 1 aliphatic rings. The summed E-state index contributed by atoms with van der Waals surface area (Å²) in [6.45, 7) is 5.78. The highest BCUT2D eigenvalue weighted by molar-refractivity contribution is 5.27. The van der Waals surface area contributed by atoms with Crippen molar-refractivity contribution in [3.8, 4) is 5.75 Å². The molecule has 0 aliphatic carbocycles. The maximum atomic E-state index is 5.90. The predicted molar refractivity (Wildman–Crippen MR) is 74.8 cm³/mol. The van der Waals surface area contributed by atoms with Gasteiger partial charge in [0.25, 0.3) is 0 Å². The van der Waals surface area contributed by atoms with E-state index >= 15 is 0 Å². The van der Waals surface area contributed by atoms with E-state index in [4.69, 9.17) is 10.5 Å². The lowest BCUT2D eigenvalue weighted by Crippen LogP contribution is -2.37. The summed E-state index contributed by atoms with van der Waals surface area (Å²) in [5, 5.41) is 3.39. The molecular formula is C15H24N2O. The highest BCUT2D eigenvalue weighted by atomic mass is 16.5. The van der Waals surface area contributed by atoms with Gasteiger partial charge in [-0.1, -0.05) is 12.1 Å². The summed E-state index contributed by atoms with van der Waals surface area (Å²) < 4.78 is 5.89. The molecule has 1 saturated heterocycles. The smallest absolute Gasteiger partial charge is 0.119 e. The highest BCUT2D eigenvalue weighted by Crippen LogP contribution is 2.22. The van der Waals surface area contributed by atoms with Crippen LogP contribution in [0.15, 0.2) is 24.3 Å². The molecule has 1 aliphatic heterocycles. The van der Waals surface area contributed by atoms with Crippen LogP contribution in [-0.4, -0.2) is 26.2 Å². The molecule has 3 N–H and O–H groups in total. The molecule has 1 heterocycles. The van der Waals surface area contributed by atoms with Crippen molar-refractivity contribution in [2.24, 2.45) is 17.6 Å². The molecule has 1 atom stereocenters. The van der Waals surface area contributed by atoms with Gasteiger partial charge in [-0.15, -0.1) is 0 Å². The molecule has 1 aromatic rings. The van der Waals surface area contributed by atoms with Crippen LogP contribution in [0.4, 0.5) is 0 Å². The van der Waals surface area contributed by atoms with Gasteiger partial charge < -0.3 is 15.8 Å². The van der Waals surface area contributed by atoms with Gasteiger partial charge in [-0.25, -0.2) is 0 Å². The van der Waals surface area contributed by atoms with E-state index in [9.17, 15) is 0 Å². The largest absolute Gasteiger partial charge is 0.493 e. The summed E-state index contributed by atoms with van der Waals surface area (Å²) in [4.78, 5) is 0. The van der Waals surface area contributed by atoms with Gasteiger partial charge in [-0.2, -0.15) is 0 Å². The number of nitrogens with two attached hydrogens (primary N) is 1. The van der Waals surface area contributed by atoms with Gasteiger partial charge in [-0.05, 0) is 63.0 Å². The number of ether oxygens (including phenoxy) is 1. The minimum absolute atomic E-state index is 0.479. The second-order valence-corrected chi connectivity index (χ2v) is 5.21. The Labute approximate surface area is 110 Å². The van der Waals surface area contributed by atoms with E-state index in [1.807, 2.05) is 12.1 Å². The van der Waals surface area contributed by atoms with Gasteiger partial charge >= 0.3 is 0 Å². The Hall–Kier alpha value is -1.06. The van der Waals surface area contributed by atoms with Crippen LogP contribution in [0.1, 0.15) is 18.4 Å². The molecule has 2 rings (SSSR count). The monoisotopic (exact) mass is 248 g/mol.